The summed E-state index contributed by atoms with van der Waals surface area (Å²) < 4.78 is 42.5. The van der Waals surface area contributed by atoms with Crippen molar-refractivity contribution in [3.63, 3.8) is 0 Å². The molecule has 0 aliphatic heterocycles. The van der Waals surface area contributed by atoms with Crippen LogP contribution in [0.3, 0.4) is 0 Å². The second kappa shape index (κ2) is 4.95. The van der Waals surface area contributed by atoms with Crippen molar-refractivity contribution in [2.24, 2.45) is 0 Å². The average molecular weight is 251 g/mol. The van der Waals surface area contributed by atoms with Gasteiger partial charge in [-0.2, -0.15) is 13.2 Å². The van der Waals surface area contributed by atoms with Crippen LogP contribution >= 0.6 is 11.8 Å². The number of thioether (sulfide) groups is 1. The van der Waals surface area contributed by atoms with Gasteiger partial charge >= 0.3 is 6.18 Å². The van der Waals surface area contributed by atoms with Gasteiger partial charge in [0.25, 0.3) is 0 Å². The summed E-state index contributed by atoms with van der Waals surface area (Å²) >= 11 is 1.18. The molecule has 0 radical (unpaired) electrons. The molecule has 0 bridgehead atoms. The van der Waals surface area contributed by atoms with E-state index < -0.39 is 11.7 Å². The second-order valence-corrected chi connectivity index (χ2v) is 4.24. The number of hydrogen-bond acceptors (Lipinski definition) is 3. The smallest absolute Gasteiger partial charge is 0.417 e. The van der Waals surface area contributed by atoms with Gasteiger partial charge in [0.15, 0.2) is 0 Å². The van der Waals surface area contributed by atoms with Crippen LogP contribution in [0.5, 0.6) is 5.88 Å². The number of pyridine rings is 1. The summed E-state index contributed by atoms with van der Waals surface area (Å²) in [5.74, 6) is 0.246. The molecule has 1 rings (SSSR count). The molecule has 0 aliphatic rings. The Labute approximate surface area is 96.2 Å². The molecule has 0 N–H and O–H groups in total. The van der Waals surface area contributed by atoms with Gasteiger partial charge in [0.1, 0.15) is 0 Å². The van der Waals surface area contributed by atoms with E-state index in [4.69, 9.17) is 4.74 Å². The highest BCUT2D eigenvalue weighted by atomic mass is 32.2. The number of hydrogen-bond donors (Lipinski definition) is 0. The minimum Gasteiger partial charge on any atom is -0.474 e. The third-order valence-electron chi connectivity index (χ3n) is 1.71. The van der Waals surface area contributed by atoms with Crippen LogP contribution in [0.2, 0.25) is 0 Å². The number of ether oxygens (including phenoxy) is 1. The Kier molecular flexibility index (Phi) is 4.07. The number of alkyl halides is 3. The monoisotopic (exact) mass is 251 g/mol. The lowest BCUT2D eigenvalue weighted by Gasteiger charge is -2.13. The number of aromatic nitrogens is 1. The van der Waals surface area contributed by atoms with E-state index in [9.17, 15) is 13.2 Å². The van der Waals surface area contributed by atoms with E-state index in [1.165, 1.54) is 11.8 Å². The summed E-state index contributed by atoms with van der Waals surface area (Å²) in [6.07, 6.45) is -2.01. The van der Waals surface area contributed by atoms with Crippen molar-refractivity contribution in [3.8, 4) is 5.88 Å². The summed E-state index contributed by atoms with van der Waals surface area (Å²) in [6.45, 7) is 3.59. The minimum absolute atomic E-state index is 0.116. The third-order valence-corrected chi connectivity index (χ3v) is 2.45. The lowest BCUT2D eigenvalue weighted by molar-refractivity contribution is -0.138. The zero-order valence-corrected chi connectivity index (χ0v) is 9.95. The Balaban J connectivity index is 3.07. The number of halogens is 3. The second-order valence-electron chi connectivity index (χ2n) is 3.40. The van der Waals surface area contributed by atoms with Crippen LogP contribution in [0, 0.1) is 0 Å². The van der Waals surface area contributed by atoms with Gasteiger partial charge in [-0.25, -0.2) is 4.98 Å². The molecular weight excluding hydrogens is 239 g/mol. The largest absolute Gasteiger partial charge is 0.474 e. The quantitative estimate of drug-likeness (QED) is 0.766. The van der Waals surface area contributed by atoms with Gasteiger partial charge in [-0.1, -0.05) is 0 Å². The Morgan fingerprint density at radius 2 is 2.00 bits per heavy atom. The van der Waals surface area contributed by atoms with E-state index in [0.29, 0.717) is 4.90 Å². The van der Waals surface area contributed by atoms with E-state index >= 15 is 0 Å². The van der Waals surface area contributed by atoms with Crippen LogP contribution in [-0.2, 0) is 6.18 Å². The van der Waals surface area contributed by atoms with Gasteiger partial charge in [-0.15, -0.1) is 11.8 Å². The first-order chi connectivity index (χ1) is 7.34. The Morgan fingerprint density at radius 3 is 2.44 bits per heavy atom. The predicted molar refractivity (Wildman–Crippen MR) is 56.8 cm³/mol. The lowest BCUT2D eigenvalue weighted by Crippen LogP contribution is -2.10. The number of rotatable bonds is 3. The van der Waals surface area contributed by atoms with Crippen molar-refractivity contribution in [1.82, 2.24) is 4.98 Å². The van der Waals surface area contributed by atoms with Gasteiger partial charge < -0.3 is 4.74 Å². The molecule has 16 heavy (non-hydrogen) atoms. The Hall–Kier alpha value is -0.910. The Bertz CT molecular complexity index is 366. The molecule has 0 aromatic carbocycles. The van der Waals surface area contributed by atoms with Crippen molar-refractivity contribution in [2.45, 2.75) is 31.0 Å². The molecule has 0 amide bonds. The summed E-state index contributed by atoms with van der Waals surface area (Å²) in [5.41, 5.74) is -0.757. The van der Waals surface area contributed by atoms with Crippen LogP contribution in [0.15, 0.2) is 17.2 Å². The fourth-order valence-corrected chi connectivity index (χ4v) is 1.57. The van der Waals surface area contributed by atoms with Crippen LogP contribution in [0.4, 0.5) is 13.2 Å². The maximum absolute atomic E-state index is 12.4. The van der Waals surface area contributed by atoms with Crippen molar-refractivity contribution >= 4 is 11.8 Å². The van der Waals surface area contributed by atoms with Crippen LogP contribution in [-0.4, -0.2) is 17.3 Å². The summed E-state index contributed by atoms with van der Waals surface area (Å²) in [4.78, 5) is 4.09. The minimum atomic E-state index is -4.37. The maximum atomic E-state index is 12.4. The number of nitrogens with zero attached hydrogens (tertiary/aromatic N) is 1. The summed E-state index contributed by atoms with van der Waals surface area (Å²) in [7, 11) is 0. The van der Waals surface area contributed by atoms with E-state index in [2.05, 4.69) is 4.98 Å². The van der Waals surface area contributed by atoms with Crippen LogP contribution in [0.1, 0.15) is 19.4 Å². The molecule has 6 heteroatoms. The predicted octanol–water partition coefficient (Wildman–Crippen LogP) is 3.61. The molecule has 1 aromatic heterocycles. The van der Waals surface area contributed by atoms with Gasteiger partial charge in [-0.3, -0.25) is 0 Å². The molecule has 2 nitrogen and oxygen atoms in total. The van der Waals surface area contributed by atoms with Crippen molar-refractivity contribution in [1.29, 1.82) is 0 Å². The van der Waals surface area contributed by atoms with Gasteiger partial charge in [0.2, 0.25) is 5.88 Å². The van der Waals surface area contributed by atoms with Gasteiger partial charge in [0.05, 0.1) is 16.6 Å². The molecule has 90 valence electrons. The van der Waals surface area contributed by atoms with Gasteiger partial charge in [-0.05, 0) is 26.2 Å². The molecule has 1 heterocycles. The fourth-order valence-electron chi connectivity index (χ4n) is 1.05. The third kappa shape index (κ3) is 3.30. The first-order valence-corrected chi connectivity index (χ1v) is 5.85. The van der Waals surface area contributed by atoms with E-state index in [0.717, 1.165) is 12.3 Å². The van der Waals surface area contributed by atoms with E-state index in [1.807, 2.05) is 0 Å². The average Bonchev–Trinajstić information content (AvgIpc) is 2.15. The standard InChI is InChI=1S/C10H12F3NOS/c1-6(2)15-9-8(16-3)4-7(5-14-9)10(11,12)13/h4-6H,1-3H3. The normalized spacial score (nSPS) is 11.9. The molecule has 0 fully saturated rings. The summed E-state index contributed by atoms with van der Waals surface area (Å²) in [5, 5.41) is 0. The first kappa shape index (κ1) is 13.2. The zero-order valence-electron chi connectivity index (χ0n) is 9.13. The zero-order chi connectivity index (χ0) is 12.3. The summed E-state index contributed by atoms with van der Waals surface area (Å²) in [6, 6.07) is 1.05. The van der Waals surface area contributed by atoms with E-state index in [-0.39, 0.29) is 12.0 Å². The maximum Gasteiger partial charge on any atom is 0.417 e. The van der Waals surface area contributed by atoms with Crippen molar-refractivity contribution in [2.75, 3.05) is 6.26 Å². The molecule has 0 aliphatic carbocycles. The van der Waals surface area contributed by atoms with Crippen LogP contribution in [0.25, 0.3) is 0 Å². The lowest BCUT2D eigenvalue weighted by atomic mass is 10.3. The molecule has 0 saturated heterocycles. The van der Waals surface area contributed by atoms with Crippen LogP contribution < -0.4 is 4.74 Å². The van der Waals surface area contributed by atoms with Crippen molar-refractivity contribution < 1.29 is 17.9 Å². The fraction of sp³-hybridized carbons (Fsp3) is 0.500. The van der Waals surface area contributed by atoms with Crippen molar-refractivity contribution in [3.05, 3.63) is 17.8 Å². The van der Waals surface area contributed by atoms with Gasteiger partial charge in [0, 0.05) is 6.20 Å². The highest BCUT2D eigenvalue weighted by Crippen LogP contribution is 2.34. The molecule has 0 unspecified atom stereocenters. The SMILES string of the molecule is CSc1cc(C(F)(F)F)cnc1OC(C)C. The molecular formula is C10H12F3NOS. The highest BCUT2D eigenvalue weighted by molar-refractivity contribution is 7.98. The molecule has 0 saturated carbocycles. The molecule has 1 aromatic rings. The first-order valence-electron chi connectivity index (χ1n) is 4.62. The Morgan fingerprint density at radius 1 is 1.38 bits per heavy atom. The highest BCUT2D eigenvalue weighted by Gasteiger charge is 2.31. The topological polar surface area (TPSA) is 22.1 Å². The van der Waals surface area contributed by atoms with E-state index in [1.54, 1.807) is 20.1 Å². The molecule has 0 atom stereocenters. The molecule has 0 spiro atoms.